The molecule has 0 radical (unpaired) electrons. The lowest BCUT2D eigenvalue weighted by atomic mass is 10.1. The van der Waals surface area contributed by atoms with Crippen LogP contribution in [0.3, 0.4) is 0 Å². The Morgan fingerprint density at radius 1 is 1.30 bits per heavy atom. The van der Waals surface area contributed by atoms with E-state index in [2.05, 4.69) is 5.32 Å². The lowest BCUT2D eigenvalue weighted by Gasteiger charge is -2.17. The highest BCUT2D eigenvalue weighted by Gasteiger charge is 2.22. The molecular weight excluding hydrogens is 317 g/mol. The Kier molecular flexibility index (Phi) is 9.36. The molecule has 4 nitrogen and oxygen atoms in total. The molecule has 0 spiro atoms. The first-order chi connectivity index (χ1) is 11.1. The molecule has 6 heteroatoms. The number of benzene rings is 1. The van der Waals surface area contributed by atoms with Gasteiger partial charge in [0, 0.05) is 12.2 Å². The van der Waals surface area contributed by atoms with Crippen molar-refractivity contribution in [1.82, 2.24) is 5.32 Å². The molecule has 0 saturated heterocycles. The van der Waals surface area contributed by atoms with Gasteiger partial charge in [0.1, 0.15) is 11.9 Å². The van der Waals surface area contributed by atoms with Gasteiger partial charge in [0.2, 0.25) is 5.12 Å². The first-order valence-corrected chi connectivity index (χ1v) is 8.89. The number of carbonyl (C=O) groups excluding carboxylic acids is 2. The topological polar surface area (TPSA) is 55.4 Å². The van der Waals surface area contributed by atoms with Gasteiger partial charge in [-0.05, 0) is 30.5 Å². The van der Waals surface area contributed by atoms with Gasteiger partial charge in [-0.15, -0.1) is 0 Å². The number of hydrogen-bond acceptors (Lipinski definition) is 4. The second-order valence-electron chi connectivity index (χ2n) is 5.19. The molecule has 1 amide bonds. The molecule has 0 aromatic heterocycles. The predicted octanol–water partition coefficient (Wildman–Crippen LogP) is 3.93. The summed E-state index contributed by atoms with van der Waals surface area (Å²) in [5.74, 6) is 0.325. The summed E-state index contributed by atoms with van der Waals surface area (Å²) in [6.45, 7) is 4.30. The molecule has 1 N–H and O–H groups in total. The third kappa shape index (κ3) is 8.02. The number of carbonyl (C=O) groups is 2. The maximum absolute atomic E-state index is 13.3. The van der Waals surface area contributed by atoms with Gasteiger partial charge in [-0.25, -0.2) is 9.18 Å². The monoisotopic (exact) mass is 341 g/mol. The highest BCUT2D eigenvalue weighted by Crippen LogP contribution is 2.13. The molecule has 0 saturated carbocycles. The van der Waals surface area contributed by atoms with Crippen molar-refractivity contribution in [2.24, 2.45) is 0 Å². The Labute approximate surface area is 141 Å². The van der Waals surface area contributed by atoms with Crippen molar-refractivity contribution in [3.05, 3.63) is 35.6 Å². The third-order valence-corrected chi connectivity index (χ3v) is 4.27. The van der Waals surface area contributed by atoms with Crippen molar-refractivity contribution in [3.63, 3.8) is 0 Å². The average Bonchev–Trinajstić information content (AvgIpc) is 2.52. The van der Waals surface area contributed by atoms with Crippen molar-refractivity contribution >= 4 is 23.0 Å². The Bertz CT molecular complexity index is 510. The predicted molar refractivity (Wildman–Crippen MR) is 91.0 cm³/mol. The summed E-state index contributed by atoms with van der Waals surface area (Å²) in [7, 11) is 0. The van der Waals surface area contributed by atoms with E-state index in [0.717, 1.165) is 19.3 Å². The number of ether oxygens (including phenoxy) is 1. The van der Waals surface area contributed by atoms with Crippen LogP contribution in [-0.4, -0.2) is 29.6 Å². The lowest BCUT2D eigenvalue weighted by molar-refractivity contribution is -0.112. The number of nitrogens with one attached hydrogen (secondary N) is 1. The van der Waals surface area contributed by atoms with Crippen LogP contribution in [0.4, 0.5) is 9.18 Å². The van der Waals surface area contributed by atoms with Crippen LogP contribution in [0, 0.1) is 5.82 Å². The number of rotatable bonds is 9. The van der Waals surface area contributed by atoms with Crippen molar-refractivity contribution in [2.45, 2.75) is 45.6 Å². The van der Waals surface area contributed by atoms with Crippen LogP contribution in [0.15, 0.2) is 24.3 Å². The smallest absolute Gasteiger partial charge is 0.407 e. The van der Waals surface area contributed by atoms with Gasteiger partial charge in [-0.3, -0.25) is 4.79 Å². The lowest BCUT2D eigenvalue weighted by Crippen LogP contribution is -2.41. The zero-order valence-corrected chi connectivity index (χ0v) is 14.5. The summed E-state index contributed by atoms with van der Waals surface area (Å²) in [5.41, 5.74) is 0.661. The summed E-state index contributed by atoms with van der Waals surface area (Å²) < 4.78 is 18.3. The zero-order valence-electron chi connectivity index (χ0n) is 13.6. The molecule has 1 atom stereocenters. The highest BCUT2D eigenvalue weighted by molar-refractivity contribution is 8.13. The summed E-state index contributed by atoms with van der Waals surface area (Å²) in [6, 6.07) is 5.32. The number of hydrogen-bond donors (Lipinski definition) is 1. The number of amides is 1. The maximum atomic E-state index is 13.3. The van der Waals surface area contributed by atoms with Crippen LogP contribution in [0.25, 0.3) is 0 Å². The molecular formula is C17H24FNO3S. The van der Waals surface area contributed by atoms with Crippen LogP contribution in [-0.2, 0) is 16.0 Å². The maximum Gasteiger partial charge on any atom is 0.407 e. The van der Waals surface area contributed by atoms with E-state index in [0.29, 0.717) is 17.9 Å². The molecule has 23 heavy (non-hydrogen) atoms. The molecule has 0 heterocycles. The van der Waals surface area contributed by atoms with E-state index in [9.17, 15) is 14.0 Å². The van der Waals surface area contributed by atoms with E-state index in [4.69, 9.17) is 4.74 Å². The van der Waals surface area contributed by atoms with E-state index < -0.39 is 12.1 Å². The Balaban J connectivity index is 2.68. The minimum absolute atomic E-state index is 0.136. The van der Waals surface area contributed by atoms with Gasteiger partial charge < -0.3 is 10.1 Å². The molecule has 0 aliphatic heterocycles. The molecule has 128 valence electrons. The minimum atomic E-state index is -0.720. The van der Waals surface area contributed by atoms with Crippen LogP contribution in [0.5, 0.6) is 0 Å². The van der Waals surface area contributed by atoms with Crippen molar-refractivity contribution in [1.29, 1.82) is 0 Å². The third-order valence-electron chi connectivity index (χ3n) is 3.08. The summed E-state index contributed by atoms with van der Waals surface area (Å²) in [5, 5.41) is 2.46. The van der Waals surface area contributed by atoms with Gasteiger partial charge >= 0.3 is 6.09 Å². The molecule has 0 bridgehead atoms. The van der Waals surface area contributed by atoms with Crippen molar-refractivity contribution in [2.75, 3.05) is 12.4 Å². The van der Waals surface area contributed by atoms with Crippen molar-refractivity contribution in [3.8, 4) is 0 Å². The number of alkyl carbamates (subject to hydrolysis) is 1. The van der Waals surface area contributed by atoms with E-state index in [1.807, 2.05) is 13.8 Å². The Morgan fingerprint density at radius 3 is 2.74 bits per heavy atom. The average molecular weight is 341 g/mol. The molecule has 1 aromatic carbocycles. The Hall–Kier alpha value is -1.56. The minimum Gasteiger partial charge on any atom is -0.450 e. The van der Waals surface area contributed by atoms with E-state index in [1.54, 1.807) is 12.1 Å². The zero-order chi connectivity index (χ0) is 17.1. The van der Waals surface area contributed by atoms with Crippen LogP contribution < -0.4 is 5.32 Å². The fourth-order valence-corrected chi connectivity index (χ4v) is 2.64. The summed E-state index contributed by atoms with van der Waals surface area (Å²) >= 11 is 1.18. The highest BCUT2D eigenvalue weighted by atomic mass is 32.2. The quantitative estimate of drug-likeness (QED) is 0.691. The van der Waals surface area contributed by atoms with E-state index in [-0.39, 0.29) is 17.4 Å². The molecule has 1 unspecified atom stereocenters. The molecule has 0 fully saturated rings. The van der Waals surface area contributed by atoms with Crippen molar-refractivity contribution < 1.29 is 18.7 Å². The first kappa shape index (κ1) is 19.5. The van der Waals surface area contributed by atoms with E-state index >= 15 is 0 Å². The van der Waals surface area contributed by atoms with Gasteiger partial charge in [-0.2, -0.15) is 0 Å². The second-order valence-corrected chi connectivity index (χ2v) is 6.29. The van der Waals surface area contributed by atoms with Gasteiger partial charge in [-0.1, -0.05) is 44.2 Å². The molecule has 0 aliphatic rings. The largest absolute Gasteiger partial charge is 0.450 e. The normalized spacial score (nSPS) is 11.8. The standard InChI is InChI=1S/C17H24FNO3S/c1-3-5-9-22-17(21)19-15(16(20)23-10-4-2)12-13-7-6-8-14(18)11-13/h6-8,11,15H,3-5,9-10,12H2,1-2H3,(H,19,21). The van der Waals surface area contributed by atoms with Gasteiger partial charge in [0.05, 0.1) is 6.61 Å². The second kappa shape index (κ2) is 11.0. The summed E-state index contributed by atoms with van der Waals surface area (Å²) in [4.78, 5) is 24.1. The fourth-order valence-electron chi connectivity index (χ4n) is 1.89. The molecule has 0 aliphatic carbocycles. The SMILES string of the molecule is CCCCOC(=O)NC(Cc1cccc(F)c1)C(=O)SCCC. The van der Waals surface area contributed by atoms with E-state index in [1.165, 1.54) is 23.9 Å². The summed E-state index contributed by atoms with van der Waals surface area (Å²) in [6.07, 6.45) is 2.21. The van der Waals surface area contributed by atoms with Crippen LogP contribution in [0.2, 0.25) is 0 Å². The first-order valence-electron chi connectivity index (χ1n) is 7.91. The van der Waals surface area contributed by atoms with Gasteiger partial charge in [0.25, 0.3) is 0 Å². The van der Waals surface area contributed by atoms with Crippen LogP contribution in [0.1, 0.15) is 38.7 Å². The van der Waals surface area contributed by atoms with Gasteiger partial charge in [0.15, 0.2) is 0 Å². The number of thioether (sulfide) groups is 1. The molecule has 1 rings (SSSR count). The number of unbranched alkanes of at least 4 members (excludes halogenated alkanes) is 1. The fraction of sp³-hybridized carbons (Fsp3) is 0.529. The Morgan fingerprint density at radius 2 is 2.09 bits per heavy atom. The number of halogens is 1. The van der Waals surface area contributed by atoms with Crippen LogP contribution >= 0.6 is 11.8 Å². The molecule has 1 aromatic rings.